The van der Waals surface area contributed by atoms with Gasteiger partial charge in [0.15, 0.2) is 9.84 Å². The van der Waals surface area contributed by atoms with E-state index >= 15 is 0 Å². The fourth-order valence-corrected chi connectivity index (χ4v) is 3.45. The lowest BCUT2D eigenvalue weighted by molar-refractivity contribution is 0.594. The molecular weight excluding hydrogens is 282 g/mol. The maximum absolute atomic E-state index is 12.1. The second-order valence-corrected chi connectivity index (χ2v) is 6.86. The number of para-hydroxylation sites is 1. The third-order valence-electron chi connectivity index (χ3n) is 2.73. The van der Waals surface area contributed by atoms with E-state index in [0.29, 0.717) is 16.3 Å². The van der Waals surface area contributed by atoms with E-state index in [1.165, 1.54) is 0 Å². The van der Waals surface area contributed by atoms with Crippen LogP contribution < -0.4 is 5.73 Å². The van der Waals surface area contributed by atoms with Gasteiger partial charge in [-0.1, -0.05) is 41.9 Å². The SMILES string of the molecule is Nc1ccccc1CS(=O)(=O)Cc1ccc(Cl)cc1. The van der Waals surface area contributed by atoms with Crippen LogP contribution in [0.4, 0.5) is 5.69 Å². The highest BCUT2D eigenvalue weighted by atomic mass is 35.5. The van der Waals surface area contributed by atoms with E-state index in [0.717, 1.165) is 5.56 Å². The first-order valence-electron chi connectivity index (χ1n) is 5.74. The molecule has 2 N–H and O–H groups in total. The van der Waals surface area contributed by atoms with E-state index in [4.69, 9.17) is 17.3 Å². The Hall–Kier alpha value is -1.52. The van der Waals surface area contributed by atoms with Gasteiger partial charge in [-0.25, -0.2) is 8.42 Å². The lowest BCUT2D eigenvalue weighted by atomic mass is 10.2. The number of hydrogen-bond donors (Lipinski definition) is 1. The zero-order valence-electron chi connectivity index (χ0n) is 10.2. The van der Waals surface area contributed by atoms with Gasteiger partial charge in [-0.2, -0.15) is 0 Å². The molecule has 3 nitrogen and oxygen atoms in total. The highest BCUT2D eigenvalue weighted by Gasteiger charge is 2.14. The molecule has 0 bridgehead atoms. The number of benzene rings is 2. The molecule has 0 saturated heterocycles. The number of halogens is 1. The summed E-state index contributed by atoms with van der Waals surface area (Å²) in [6.07, 6.45) is 0. The van der Waals surface area contributed by atoms with Crippen molar-refractivity contribution in [3.8, 4) is 0 Å². The van der Waals surface area contributed by atoms with Crippen LogP contribution in [0, 0.1) is 0 Å². The van der Waals surface area contributed by atoms with Gasteiger partial charge in [0.1, 0.15) is 0 Å². The molecule has 19 heavy (non-hydrogen) atoms. The first-order chi connectivity index (χ1) is 8.96. The molecule has 0 aliphatic carbocycles. The highest BCUT2D eigenvalue weighted by molar-refractivity contribution is 7.89. The van der Waals surface area contributed by atoms with Gasteiger partial charge in [0, 0.05) is 10.7 Å². The average molecular weight is 296 g/mol. The van der Waals surface area contributed by atoms with Crippen molar-refractivity contribution in [3.05, 3.63) is 64.7 Å². The normalized spacial score (nSPS) is 11.4. The van der Waals surface area contributed by atoms with Crippen molar-refractivity contribution >= 4 is 27.1 Å². The molecule has 0 atom stereocenters. The first-order valence-corrected chi connectivity index (χ1v) is 7.94. The van der Waals surface area contributed by atoms with Crippen LogP contribution in [-0.2, 0) is 21.3 Å². The summed E-state index contributed by atoms with van der Waals surface area (Å²) in [6.45, 7) is 0. The number of hydrogen-bond acceptors (Lipinski definition) is 3. The van der Waals surface area contributed by atoms with Crippen molar-refractivity contribution in [2.75, 3.05) is 5.73 Å². The summed E-state index contributed by atoms with van der Waals surface area (Å²) in [7, 11) is -3.25. The van der Waals surface area contributed by atoms with Gasteiger partial charge in [0.25, 0.3) is 0 Å². The van der Waals surface area contributed by atoms with Crippen molar-refractivity contribution in [2.24, 2.45) is 0 Å². The molecule has 0 spiro atoms. The lowest BCUT2D eigenvalue weighted by Gasteiger charge is -2.07. The monoisotopic (exact) mass is 295 g/mol. The fraction of sp³-hybridized carbons (Fsp3) is 0.143. The Morgan fingerprint density at radius 1 is 0.947 bits per heavy atom. The van der Waals surface area contributed by atoms with Crippen LogP contribution in [0.1, 0.15) is 11.1 Å². The molecule has 0 radical (unpaired) electrons. The van der Waals surface area contributed by atoms with Crippen LogP contribution in [0.3, 0.4) is 0 Å². The highest BCUT2D eigenvalue weighted by Crippen LogP contribution is 2.18. The van der Waals surface area contributed by atoms with Crippen molar-refractivity contribution in [1.82, 2.24) is 0 Å². The Kier molecular flexibility index (Phi) is 4.12. The maximum Gasteiger partial charge on any atom is 0.158 e. The van der Waals surface area contributed by atoms with E-state index < -0.39 is 9.84 Å². The summed E-state index contributed by atoms with van der Waals surface area (Å²) in [6, 6.07) is 13.8. The zero-order chi connectivity index (χ0) is 13.9. The van der Waals surface area contributed by atoms with Gasteiger partial charge >= 0.3 is 0 Å². The minimum Gasteiger partial charge on any atom is -0.398 e. The van der Waals surface area contributed by atoms with Crippen LogP contribution in [-0.4, -0.2) is 8.42 Å². The van der Waals surface area contributed by atoms with Gasteiger partial charge < -0.3 is 5.73 Å². The van der Waals surface area contributed by atoms with Crippen LogP contribution >= 0.6 is 11.6 Å². The standard InChI is InChI=1S/C14H14ClNO2S/c15-13-7-5-11(6-8-13)9-19(17,18)10-12-3-1-2-4-14(12)16/h1-8H,9-10,16H2. The fourth-order valence-electron chi connectivity index (χ4n) is 1.79. The zero-order valence-corrected chi connectivity index (χ0v) is 11.8. The number of nitrogen functional groups attached to an aromatic ring is 1. The molecular formula is C14H14ClNO2S. The molecule has 0 heterocycles. The third kappa shape index (κ3) is 3.98. The Labute approximate surface area is 117 Å². The minimum atomic E-state index is -3.25. The van der Waals surface area contributed by atoms with Gasteiger partial charge in [-0.3, -0.25) is 0 Å². The smallest absolute Gasteiger partial charge is 0.158 e. The maximum atomic E-state index is 12.1. The Bertz CT molecular complexity index is 666. The van der Waals surface area contributed by atoms with Crippen molar-refractivity contribution in [2.45, 2.75) is 11.5 Å². The van der Waals surface area contributed by atoms with Gasteiger partial charge in [0.2, 0.25) is 0 Å². The molecule has 2 aromatic rings. The molecule has 5 heteroatoms. The molecule has 0 aliphatic heterocycles. The van der Waals surface area contributed by atoms with Crippen molar-refractivity contribution in [3.63, 3.8) is 0 Å². The van der Waals surface area contributed by atoms with Gasteiger partial charge in [-0.15, -0.1) is 0 Å². The van der Waals surface area contributed by atoms with Crippen LogP contribution in [0.5, 0.6) is 0 Å². The molecule has 0 saturated carbocycles. The van der Waals surface area contributed by atoms with Gasteiger partial charge in [-0.05, 0) is 29.3 Å². The molecule has 2 aromatic carbocycles. The molecule has 100 valence electrons. The van der Waals surface area contributed by atoms with Crippen molar-refractivity contribution < 1.29 is 8.42 Å². The number of anilines is 1. The molecule has 0 aliphatic rings. The van der Waals surface area contributed by atoms with E-state index in [1.54, 1.807) is 48.5 Å². The van der Waals surface area contributed by atoms with E-state index in [-0.39, 0.29) is 11.5 Å². The molecule has 0 aromatic heterocycles. The topological polar surface area (TPSA) is 60.2 Å². The van der Waals surface area contributed by atoms with E-state index in [1.807, 2.05) is 0 Å². The number of rotatable bonds is 4. The number of sulfone groups is 1. The van der Waals surface area contributed by atoms with Crippen LogP contribution in [0.25, 0.3) is 0 Å². The second kappa shape index (κ2) is 5.63. The Balaban J connectivity index is 2.15. The van der Waals surface area contributed by atoms with E-state index in [9.17, 15) is 8.42 Å². The minimum absolute atomic E-state index is 0.0154. The second-order valence-electron chi connectivity index (χ2n) is 4.36. The summed E-state index contributed by atoms with van der Waals surface area (Å²) < 4.78 is 24.2. The number of nitrogens with two attached hydrogens (primary N) is 1. The summed E-state index contributed by atoms with van der Waals surface area (Å²) in [5.41, 5.74) is 7.62. The summed E-state index contributed by atoms with van der Waals surface area (Å²) >= 11 is 5.77. The predicted octanol–water partition coefficient (Wildman–Crippen LogP) is 3.04. The van der Waals surface area contributed by atoms with Gasteiger partial charge in [0.05, 0.1) is 11.5 Å². The largest absolute Gasteiger partial charge is 0.398 e. The summed E-state index contributed by atoms with van der Waals surface area (Å²) in [5.74, 6) is -0.0686. The molecule has 2 rings (SSSR count). The Morgan fingerprint density at radius 2 is 1.58 bits per heavy atom. The first kappa shape index (κ1) is 13.9. The molecule has 0 unspecified atom stereocenters. The van der Waals surface area contributed by atoms with Crippen LogP contribution in [0.15, 0.2) is 48.5 Å². The van der Waals surface area contributed by atoms with E-state index in [2.05, 4.69) is 0 Å². The molecule has 0 fully saturated rings. The Morgan fingerprint density at radius 3 is 2.21 bits per heavy atom. The summed E-state index contributed by atoms with van der Waals surface area (Å²) in [5, 5.41) is 0.591. The third-order valence-corrected chi connectivity index (χ3v) is 4.51. The average Bonchev–Trinajstić information content (AvgIpc) is 2.35. The van der Waals surface area contributed by atoms with Crippen molar-refractivity contribution in [1.29, 1.82) is 0 Å². The quantitative estimate of drug-likeness (QED) is 0.882. The predicted molar refractivity (Wildman–Crippen MR) is 78.6 cm³/mol. The lowest BCUT2D eigenvalue weighted by Crippen LogP contribution is -2.09. The summed E-state index contributed by atoms with van der Waals surface area (Å²) in [4.78, 5) is 0. The van der Waals surface area contributed by atoms with Crippen LogP contribution in [0.2, 0.25) is 5.02 Å². The molecule has 0 amide bonds.